The van der Waals surface area contributed by atoms with Crippen molar-refractivity contribution in [3.63, 3.8) is 0 Å². The molecule has 0 fully saturated rings. The quantitative estimate of drug-likeness (QED) is 0.458. The van der Waals surface area contributed by atoms with Gasteiger partial charge in [-0.05, 0) is 30.2 Å². The van der Waals surface area contributed by atoms with E-state index in [0.29, 0.717) is 10.8 Å². The summed E-state index contributed by atoms with van der Waals surface area (Å²) in [4.78, 5) is 28.6. The zero-order valence-electron chi connectivity index (χ0n) is 15.7. The summed E-state index contributed by atoms with van der Waals surface area (Å²) >= 11 is 1.49. The third-order valence-electron chi connectivity index (χ3n) is 4.27. The van der Waals surface area contributed by atoms with Gasteiger partial charge in [0.1, 0.15) is 5.01 Å². The number of nitrogens with one attached hydrogen (secondary N) is 3. The molecule has 0 radical (unpaired) electrons. The largest absolute Gasteiger partial charge is 0.347 e. The lowest BCUT2D eigenvalue weighted by molar-refractivity contribution is -0.123. The number of anilines is 1. The summed E-state index contributed by atoms with van der Waals surface area (Å²) in [6.07, 6.45) is 0.134. The minimum Gasteiger partial charge on any atom is -0.347 e. The lowest BCUT2D eigenvalue weighted by Crippen LogP contribution is -2.33. The van der Waals surface area contributed by atoms with E-state index in [4.69, 9.17) is 0 Å². The second-order valence-corrected chi connectivity index (χ2v) is 7.71. The molecular weight excluding hydrogens is 386 g/mol. The number of benzene rings is 2. The van der Waals surface area contributed by atoms with Crippen LogP contribution in [0.3, 0.4) is 0 Å². The third kappa shape index (κ3) is 4.67. The molecule has 2 aromatic heterocycles. The van der Waals surface area contributed by atoms with Crippen LogP contribution in [0.1, 0.15) is 10.7 Å². The number of aromatic nitrogens is 3. The Kier molecular flexibility index (Phi) is 5.35. The second kappa shape index (κ2) is 8.24. The van der Waals surface area contributed by atoms with Crippen molar-refractivity contribution in [1.82, 2.24) is 20.5 Å². The van der Waals surface area contributed by atoms with Gasteiger partial charge < -0.3 is 10.6 Å². The SMILES string of the molecule is Cc1cc(NC(=O)CNC(=O)Cc2nc3ccc(-c4ccccc4)cc3s2)n[nH]1. The number of aryl methyl sites for hydroxylation is 1. The fraction of sp³-hybridized carbons (Fsp3) is 0.143. The van der Waals surface area contributed by atoms with Crippen LogP contribution in [-0.2, 0) is 16.0 Å². The summed E-state index contributed by atoms with van der Waals surface area (Å²) in [6.45, 7) is 1.72. The maximum Gasteiger partial charge on any atom is 0.244 e. The molecule has 0 saturated carbocycles. The number of hydrogen-bond donors (Lipinski definition) is 3. The average Bonchev–Trinajstić information content (AvgIpc) is 3.31. The summed E-state index contributed by atoms with van der Waals surface area (Å²) in [7, 11) is 0. The Balaban J connectivity index is 1.36. The Hall–Kier alpha value is -3.52. The van der Waals surface area contributed by atoms with Crippen LogP contribution in [0.5, 0.6) is 0 Å². The predicted octanol–water partition coefficient (Wildman–Crippen LogP) is 3.29. The van der Waals surface area contributed by atoms with Gasteiger partial charge in [0.15, 0.2) is 5.82 Å². The van der Waals surface area contributed by atoms with Gasteiger partial charge in [-0.25, -0.2) is 4.98 Å². The molecule has 0 aliphatic heterocycles. The highest BCUT2D eigenvalue weighted by Gasteiger charge is 2.12. The number of nitrogens with zero attached hydrogens (tertiary/aromatic N) is 2. The molecular formula is C21H19N5O2S. The minimum atomic E-state index is -0.332. The molecule has 4 rings (SSSR count). The zero-order valence-corrected chi connectivity index (χ0v) is 16.5. The van der Waals surface area contributed by atoms with Crippen molar-refractivity contribution in [2.75, 3.05) is 11.9 Å². The molecule has 0 bridgehead atoms. The maximum atomic E-state index is 12.2. The molecule has 4 aromatic rings. The van der Waals surface area contributed by atoms with Crippen LogP contribution < -0.4 is 10.6 Å². The van der Waals surface area contributed by atoms with Crippen molar-refractivity contribution in [1.29, 1.82) is 0 Å². The normalized spacial score (nSPS) is 10.8. The molecule has 3 N–H and O–H groups in total. The molecule has 29 heavy (non-hydrogen) atoms. The van der Waals surface area contributed by atoms with Crippen molar-refractivity contribution in [2.24, 2.45) is 0 Å². The molecule has 2 heterocycles. The molecule has 0 saturated heterocycles. The molecule has 0 atom stereocenters. The number of aromatic amines is 1. The van der Waals surface area contributed by atoms with Gasteiger partial charge in [0.05, 0.1) is 23.2 Å². The zero-order chi connectivity index (χ0) is 20.2. The molecule has 2 aromatic carbocycles. The van der Waals surface area contributed by atoms with E-state index in [1.807, 2.05) is 37.3 Å². The molecule has 2 amide bonds. The Morgan fingerprint density at radius 1 is 1.03 bits per heavy atom. The van der Waals surface area contributed by atoms with Crippen molar-refractivity contribution in [3.05, 3.63) is 65.3 Å². The van der Waals surface area contributed by atoms with E-state index in [1.165, 1.54) is 11.3 Å². The van der Waals surface area contributed by atoms with Crippen LogP contribution in [0.25, 0.3) is 21.3 Å². The van der Waals surface area contributed by atoms with Crippen LogP contribution in [-0.4, -0.2) is 33.5 Å². The third-order valence-corrected chi connectivity index (χ3v) is 5.29. The Labute approximate surface area is 171 Å². The van der Waals surface area contributed by atoms with Gasteiger partial charge in [0.2, 0.25) is 11.8 Å². The fourth-order valence-corrected chi connectivity index (χ4v) is 3.91. The van der Waals surface area contributed by atoms with Crippen molar-refractivity contribution in [2.45, 2.75) is 13.3 Å². The fourth-order valence-electron chi connectivity index (χ4n) is 2.91. The van der Waals surface area contributed by atoms with E-state index >= 15 is 0 Å². The Morgan fingerprint density at radius 3 is 2.62 bits per heavy atom. The van der Waals surface area contributed by atoms with Crippen LogP contribution in [0.15, 0.2) is 54.6 Å². The lowest BCUT2D eigenvalue weighted by Gasteiger charge is -2.03. The van der Waals surface area contributed by atoms with E-state index in [0.717, 1.165) is 27.0 Å². The molecule has 0 spiro atoms. The highest BCUT2D eigenvalue weighted by Crippen LogP contribution is 2.28. The van der Waals surface area contributed by atoms with E-state index in [1.54, 1.807) is 6.07 Å². The standard InChI is InChI=1S/C21H19N5O2S/c1-13-9-18(26-25-13)24-20(28)12-22-19(27)11-21-23-16-8-7-15(10-17(16)29-21)14-5-3-2-4-6-14/h2-10H,11-12H2,1H3,(H,22,27)(H2,24,25,26,28). The molecule has 146 valence electrons. The average molecular weight is 405 g/mol. The number of thiazole rings is 1. The summed E-state index contributed by atoms with van der Waals surface area (Å²) in [5.41, 5.74) is 3.96. The number of carbonyl (C=O) groups excluding carboxylic acids is 2. The van der Waals surface area contributed by atoms with Crippen molar-refractivity contribution in [3.8, 4) is 11.1 Å². The molecule has 0 unspecified atom stereocenters. The maximum absolute atomic E-state index is 12.2. The van der Waals surface area contributed by atoms with E-state index in [2.05, 4.69) is 44.0 Å². The minimum absolute atomic E-state index is 0.117. The number of H-pyrrole nitrogens is 1. The number of amides is 2. The Bertz CT molecular complexity index is 1170. The first-order chi connectivity index (χ1) is 14.1. The summed E-state index contributed by atoms with van der Waals surface area (Å²) in [6, 6.07) is 17.9. The highest BCUT2D eigenvalue weighted by atomic mass is 32.1. The van der Waals surface area contributed by atoms with Crippen LogP contribution in [0.2, 0.25) is 0 Å². The molecule has 7 nitrogen and oxygen atoms in total. The first-order valence-corrected chi connectivity index (χ1v) is 9.92. The number of fused-ring (bicyclic) bond motifs is 1. The van der Waals surface area contributed by atoms with Gasteiger partial charge in [-0.1, -0.05) is 36.4 Å². The van der Waals surface area contributed by atoms with Gasteiger partial charge in [-0.3, -0.25) is 14.7 Å². The second-order valence-electron chi connectivity index (χ2n) is 6.59. The smallest absolute Gasteiger partial charge is 0.244 e. The van der Waals surface area contributed by atoms with Gasteiger partial charge in [0.25, 0.3) is 0 Å². The molecule has 0 aliphatic rings. The number of rotatable bonds is 6. The summed E-state index contributed by atoms with van der Waals surface area (Å²) < 4.78 is 1.03. The van der Waals surface area contributed by atoms with Gasteiger partial charge in [-0.15, -0.1) is 11.3 Å². The molecule has 8 heteroatoms. The number of carbonyl (C=O) groups is 2. The van der Waals surface area contributed by atoms with Gasteiger partial charge in [0, 0.05) is 11.8 Å². The summed E-state index contributed by atoms with van der Waals surface area (Å²) in [5.74, 6) is -0.149. The summed E-state index contributed by atoms with van der Waals surface area (Å²) in [5, 5.41) is 12.6. The van der Waals surface area contributed by atoms with Crippen molar-refractivity contribution >= 4 is 39.2 Å². The first-order valence-electron chi connectivity index (χ1n) is 9.10. The van der Waals surface area contributed by atoms with Crippen LogP contribution >= 0.6 is 11.3 Å². The monoisotopic (exact) mass is 405 g/mol. The Morgan fingerprint density at radius 2 is 1.86 bits per heavy atom. The first kappa shape index (κ1) is 18.8. The topological polar surface area (TPSA) is 99.8 Å². The van der Waals surface area contributed by atoms with Crippen molar-refractivity contribution < 1.29 is 9.59 Å². The highest BCUT2D eigenvalue weighted by molar-refractivity contribution is 7.18. The molecule has 0 aliphatic carbocycles. The van der Waals surface area contributed by atoms with Crippen LogP contribution in [0.4, 0.5) is 5.82 Å². The van der Waals surface area contributed by atoms with E-state index in [9.17, 15) is 9.59 Å². The van der Waals surface area contributed by atoms with E-state index in [-0.39, 0.29) is 24.8 Å². The van der Waals surface area contributed by atoms with E-state index < -0.39 is 0 Å². The predicted molar refractivity (Wildman–Crippen MR) is 114 cm³/mol. The van der Waals surface area contributed by atoms with Gasteiger partial charge in [-0.2, -0.15) is 5.10 Å². The van der Waals surface area contributed by atoms with Crippen LogP contribution in [0, 0.1) is 6.92 Å². The number of hydrogen-bond acceptors (Lipinski definition) is 5. The van der Waals surface area contributed by atoms with Gasteiger partial charge >= 0.3 is 0 Å². The lowest BCUT2D eigenvalue weighted by atomic mass is 10.1.